The highest BCUT2D eigenvalue weighted by Crippen LogP contribution is 2.21. The first-order chi connectivity index (χ1) is 6.94. The molecule has 1 fully saturated rings. The Morgan fingerprint density at radius 2 is 2.13 bits per heavy atom. The molecule has 15 heavy (non-hydrogen) atoms. The molecule has 0 amide bonds. The van der Waals surface area contributed by atoms with Crippen molar-refractivity contribution in [1.29, 1.82) is 0 Å². The summed E-state index contributed by atoms with van der Waals surface area (Å²) in [7, 11) is 0. The second-order valence-corrected chi connectivity index (χ2v) is 4.91. The van der Waals surface area contributed by atoms with Crippen LogP contribution in [0.15, 0.2) is 12.3 Å². The van der Waals surface area contributed by atoms with Crippen molar-refractivity contribution in [2.24, 2.45) is 0 Å². The number of rotatable bonds is 2. The summed E-state index contributed by atoms with van der Waals surface area (Å²) < 4.78 is 5.38. The molecule has 1 aliphatic heterocycles. The van der Waals surface area contributed by atoms with Crippen LogP contribution in [0, 0.1) is 0 Å². The molecular formula is C12H21NO2. The van der Waals surface area contributed by atoms with Gasteiger partial charge in [0.2, 0.25) is 0 Å². The normalized spacial score (nSPS) is 22.4. The van der Waals surface area contributed by atoms with Gasteiger partial charge in [-0.25, -0.2) is 4.79 Å². The quantitative estimate of drug-likeness (QED) is 0.656. The average molecular weight is 211 g/mol. The third-order valence-electron chi connectivity index (χ3n) is 2.31. The van der Waals surface area contributed by atoms with Crippen LogP contribution >= 0.6 is 0 Å². The molecule has 0 bridgehead atoms. The van der Waals surface area contributed by atoms with Gasteiger partial charge in [0.1, 0.15) is 11.6 Å². The van der Waals surface area contributed by atoms with Crippen LogP contribution in [-0.4, -0.2) is 29.1 Å². The van der Waals surface area contributed by atoms with E-state index in [9.17, 15) is 4.79 Å². The molecule has 0 aromatic carbocycles. The van der Waals surface area contributed by atoms with Crippen LogP contribution in [0.25, 0.3) is 0 Å². The van der Waals surface area contributed by atoms with Gasteiger partial charge in [-0.3, -0.25) is 0 Å². The summed E-state index contributed by atoms with van der Waals surface area (Å²) in [4.78, 5) is 13.9. The van der Waals surface area contributed by atoms with Crippen LogP contribution in [0.3, 0.4) is 0 Å². The number of esters is 1. The molecule has 0 aromatic heterocycles. The molecule has 1 saturated heterocycles. The summed E-state index contributed by atoms with van der Waals surface area (Å²) in [5.74, 6) is -0.0990. The van der Waals surface area contributed by atoms with Crippen LogP contribution in [0.5, 0.6) is 0 Å². The van der Waals surface area contributed by atoms with Gasteiger partial charge >= 0.3 is 5.97 Å². The summed E-state index contributed by atoms with van der Waals surface area (Å²) in [6, 6.07) is -0.0829. The number of likely N-dealkylation sites (tertiary alicyclic amines) is 1. The van der Waals surface area contributed by atoms with Crippen molar-refractivity contribution in [3.8, 4) is 0 Å². The molecule has 1 aliphatic rings. The van der Waals surface area contributed by atoms with Crippen molar-refractivity contribution in [2.75, 3.05) is 6.54 Å². The fourth-order valence-corrected chi connectivity index (χ4v) is 1.78. The highest BCUT2D eigenvalue weighted by Gasteiger charge is 2.32. The van der Waals surface area contributed by atoms with Gasteiger partial charge in [0.25, 0.3) is 0 Å². The van der Waals surface area contributed by atoms with E-state index in [4.69, 9.17) is 4.74 Å². The fraction of sp³-hybridized carbons (Fsp3) is 0.750. The van der Waals surface area contributed by atoms with E-state index in [0.717, 1.165) is 19.4 Å². The lowest BCUT2D eigenvalue weighted by Crippen LogP contribution is -2.37. The van der Waals surface area contributed by atoms with E-state index in [1.807, 2.05) is 40.0 Å². The average Bonchev–Trinajstić information content (AvgIpc) is 2.49. The van der Waals surface area contributed by atoms with E-state index >= 15 is 0 Å². The molecule has 0 N–H and O–H groups in total. The topological polar surface area (TPSA) is 29.5 Å². The molecule has 0 aromatic rings. The van der Waals surface area contributed by atoms with Crippen molar-refractivity contribution in [3.63, 3.8) is 0 Å². The SMILES string of the molecule is C/C=C\N1CCCC1C(=O)OC(C)(C)C. The van der Waals surface area contributed by atoms with E-state index in [2.05, 4.69) is 4.90 Å². The van der Waals surface area contributed by atoms with E-state index in [0.29, 0.717) is 0 Å². The van der Waals surface area contributed by atoms with Gasteiger partial charge < -0.3 is 9.64 Å². The van der Waals surface area contributed by atoms with E-state index in [-0.39, 0.29) is 17.6 Å². The monoisotopic (exact) mass is 211 g/mol. The zero-order valence-electron chi connectivity index (χ0n) is 10.1. The molecule has 0 radical (unpaired) electrons. The third-order valence-corrected chi connectivity index (χ3v) is 2.31. The number of carbonyl (C=O) groups excluding carboxylic acids is 1. The predicted octanol–water partition coefficient (Wildman–Crippen LogP) is 2.33. The molecule has 3 nitrogen and oxygen atoms in total. The minimum absolute atomic E-state index is 0.0829. The Bertz CT molecular complexity index is 253. The minimum atomic E-state index is -0.388. The number of allylic oxidation sites excluding steroid dienone is 1. The van der Waals surface area contributed by atoms with Crippen molar-refractivity contribution in [2.45, 2.75) is 52.2 Å². The lowest BCUT2D eigenvalue weighted by atomic mass is 10.1. The maximum atomic E-state index is 11.8. The number of ether oxygens (including phenoxy) is 1. The third kappa shape index (κ3) is 3.57. The lowest BCUT2D eigenvalue weighted by molar-refractivity contribution is -0.159. The van der Waals surface area contributed by atoms with E-state index in [1.165, 1.54) is 0 Å². The molecule has 0 aliphatic carbocycles. The standard InChI is InChI=1S/C12H21NO2/c1-5-8-13-9-6-7-10(13)11(14)15-12(2,3)4/h5,8,10H,6-7,9H2,1-4H3/b8-5-. The molecular weight excluding hydrogens is 190 g/mol. The Labute approximate surface area is 92.1 Å². The maximum absolute atomic E-state index is 11.8. The molecule has 1 atom stereocenters. The van der Waals surface area contributed by atoms with Crippen LogP contribution < -0.4 is 0 Å². The van der Waals surface area contributed by atoms with Crippen molar-refractivity contribution >= 4 is 5.97 Å². The smallest absolute Gasteiger partial charge is 0.329 e. The fourth-order valence-electron chi connectivity index (χ4n) is 1.78. The summed E-state index contributed by atoms with van der Waals surface area (Å²) in [5.41, 5.74) is -0.388. The Morgan fingerprint density at radius 3 is 2.67 bits per heavy atom. The van der Waals surface area contributed by atoms with Gasteiger partial charge in [0.15, 0.2) is 0 Å². The molecule has 1 rings (SSSR count). The Kier molecular flexibility index (Phi) is 3.77. The Morgan fingerprint density at radius 1 is 1.47 bits per heavy atom. The summed E-state index contributed by atoms with van der Waals surface area (Å²) in [5, 5.41) is 0. The molecule has 0 saturated carbocycles. The highest BCUT2D eigenvalue weighted by atomic mass is 16.6. The maximum Gasteiger partial charge on any atom is 0.329 e. The van der Waals surface area contributed by atoms with Crippen molar-refractivity contribution in [1.82, 2.24) is 4.90 Å². The zero-order chi connectivity index (χ0) is 11.5. The predicted molar refractivity (Wildman–Crippen MR) is 60.4 cm³/mol. The Balaban J connectivity index is 2.59. The van der Waals surface area contributed by atoms with Crippen molar-refractivity contribution in [3.05, 3.63) is 12.3 Å². The van der Waals surface area contributed by atoms with Gasteiger partial charge in [0.05, 0.1) is 0 Å². The summed E-state index contributed by atoms with van der Waals surface area (Å²) in [6.07, 6.45) is 5.90. The van der Waals surface area contributed by atoms with Gasteiger partial charge in [-0.05, 0) is 46.7 Å². The number of hydrogen-bond acceptors (Lipinski definition) is 3. The lowest BCUT2D eigenvalue weighted by Gasteiger charge is -2.26. The summed E-state index contributed by atoms with van der Waals surface area (Å²) >= 11 is 0. The van der Waals surface area contributed by atoms with E-state index in [1.54, 1.807) is 0 Å². The van der Waals surface area contributed by atoms with Gasteiger partial charge in [-0.2, -0.15) is 0 Å². The van der Waals surface area contributed by atoms with Crippen LogP contribution in [0.4, 0.5) is 0 Å². The molecule has 3 heteroatoms. The second kappa shape index (κ2) is 4.69. The highest BCUT2D eigenvalue weighted by molar-refractivity contribution is 5.76. The zero-order valence-corrected chi connectivity index (χ0v) is 10.1. The van der Waals surface area contributed by atoms with E-state index < -0.39 is 0 Å². The van der Waals surface area contributed by atoms with Crippen LogP contribution in [-0.2, 0) is 9.53 Å². The van der Waals surface area contributed by atoms with Gasteiger partial charge in [-0.15, -0.1) is 0 Å². The minimum Gasteiger partial charge on any atom is -0.458 e. The largest absolute Gasteiger partial charge is 0.458 e. The molecule has 86 valence electrons. The first-order valence-electron chi connectivity index (χ1n) is 5.55. The van der Waals surface area contributed by atoms with Gasteiger partial charge in [0, 0.05) is 6.54 Å². The van der Waals surface area contributed by atoms with Crippen LogP contribution in [0.2, 0.25) is 0 Å². The van der Waals surface area contributed by atoms with Crippen molar-refractivity contribution < 1.29 is 9.53 Å². The van der Waals surface area contributed by atoms with Crippen LogP contribution in [0.1, 0.15) is 40.5 Å². The Hall–Kier alpha value is -0.990. The number of nitrogens with zero attached hydrogens (tertiary/aromatic N) is 1. The molecule has 1 heterocycles. The molecule has 1 unspecified atom stereocenters. The van der Waals surface area contributed by atoms with Gasteiger partial charge in [-0.1, -0.05) is 6.08 Å². The first kappa shape index (κ1) is 12.1. The molecule has 0 spiro atoms. The summed E-state index contributed by atoms with van der Waals surface area (Å²) in [6.45, 7) is 8.62. The first-order valence-corrected chi connectivity index (χ1v) is 5.55. The second-order valence-electron chi connectivity index (χ2n) is 4.91. The number of hydrogen-bond donors (Lipinski definition) is 0. The number of carbonyl (C=O) groups is 1.